The molecule has 0 amide bonds. The predicted molar refractivity (Wildman–Crippen MR) is 217 cm³/mol. The highest BCUT2D eigenvalue weighted by Gasteiger charge is 2.22. The molecule has 0 radical (unpaired) electrons. The largest absolute Gasteiger partial charge is 0.455 e. The van der Waals surface area contributed by atoms with Gasteiger partial charge in [0.1, 0.15) is 22.3 Å². The normalized spacial score (nSPS) is 12.3. The Labute approximate surface area is 295 Å². The van der Waals surface area contributed by atoms with Gasteiger partial charge in [0.15, 0.2) is 0 Å². The van der Waals surface area contributed by atoms with E-state index in [1.165, 1.54) is 64.0 Å². The van der Waals surface area contributed by atoms with Gasteiger partial charge in [-0.25, -0.2) is 0 Å². The van der Waals surface area contributed by atoms with Gasteiger partial charge in [0.2, 0.25) is 0 Å². The minimum Gasteiger partial charge on any atom is -0.455 e. The molecule has 0 bridgehead atoms. The molecule has 0 aliphatic heterocycles. The molecule has 0 spiro atoms. The van der Waals surface area contributed by atoms with Crippen molar-refractivity contribution in [3.63, 3.8) is 0 Å². The first kappa shape index (κ1) is 27.4. The number of para-hydroxylation sites is 1. The van der Waals surface area contributed by atoms with Gasteiger partial charge in [-0.05, 0) is 79.5 Å². The van der Waals surface area contributed by atoms with E-state index in [4.69, 9.17) is 8.83 Å². The lowest BCUT2D eigenvalue weighted by molar-refractivity contribution is 0.665. The van der Waals surface area contributed by atoms with Crippen LogP contribution in [0.1, 0.15) is 0 Å². The van der Waals surface area contributed by atoms with Crippen LogP contribution in [0, 0.1) is 0 Å². The molecule has 0 aliphatic rings. The third-order valence-electron chi connectivity index (χ3n) is 10.8. The van der Waals surface area contributed by atoms with Gasteiger partial charge < -0.3 is 8.83 Å². The summed E-state index contributed by atoms with van der Waals surface area (Å²) in [7, 11) is 0. The number of rotatable bonds is 2. The zero-order chi connectivity index (χ0) is 33.2. The average Bonchev–Trinajstić information content (AvgIpc) is 3.88. The number of fused-ring (bicyclic) bond motifs is 15. The Morgan fingerprint density at radius 2 is 0.824 bits per heavy atom. The molecule has 9 aromatic carbocycles. The molecule has 3 heterocycles. The SMILES string of the molecule is c1ccc2c(c1)oc1c3ccccc3c3c4cc(-c5c6ccccc6c(-c6ccc7c(c6)sc6ccccc67)c6ccccc56)ccc4oc3c21. The molecule has 0 fully saturated rings. The van der Waals surface area contributed by atoms with Crippen LogP contribution in [0.3, 0.4) is 0 Å². The second-order valence-corrected chi connectivity index (χ2v) is 14.6. The first-order valence-electron chi connectivity index (χ1n) is 17.3. The molecule has 3 aromatic heterocycles. The maximum Gasteiger partial charge on any atom is 0.147 e. The zero-order valence-corrected chi connectivity index (χ0v) is 28.1. The first-order valence-corrected chi connectivity index (χ1v) is 18.2. The van der Waals surface area contributed by atoms with Gasteiger partial charge in [-0.15, -0.1) is 11.3 Å². The van der Waals surface area contributed by atoms with Gasteiger partial charge in [-0.1, -0.05) is 127 Å². The Hall–Kier alpha value is -6.42. The summed E-state index contributed by atoms with van der Waals surface area (Å²) in [6.45, 7) is 0. The maximum absolute atomic E-state index is 6.78. The van der Waals surface area contributed by atoms with Crippen molar-refractivity contribution in [3.8, 4) is 22.3 Å². The van der Waals surface area contributed by atoms with Gasteiger partial charge in [-0.3, -0.25) is 0 Å². The molecule has 3 heteroatoms. The Bertz CT molecular complexity index is 3370. The van der Waals surface area contributed by atoms with Crippen LogP contribution in [0.15, 0.2) is 167 Å². The van der Waals surface area contributed by atoms with Crippen molar-refractivity contribution in [2.24, 2.45) is 0 Å². The number of hydrogen-bond donors (Lipinski definition) is 0. The minimum absolute atomic E-state index is 0.871. The van der Waals surface area contributed by atoms with E-state index in [2.05, 4.69) is 146 Å². The minimum atomic E-state index is 0.871. The standard InChI is InChI=1S/C48H26O2S/c1-3-14-33-31(12-1)43(32-13-2-4-15-34(32)44(33)28-21-23-30-29-11-8-10-20-41(29)51-42(30)26-28)27-22-24-40-38(25-27)45-35-16-5-6-17-36(35)47-46(48(45)50-40)37-18-7-9-19-39(37)49-47/h1-26H. The first-order chi connectivity index (χ1) is 25.3. The van der Waals surface area contributed by atoms with Gasteiger partial charge in [0.05, 0.1) is 5.39 Å². The topological polar surface area (TPSA) is 26.3 Å². The molecule has 0 unspecified atom stereocenters. The second kappa shape index (κ2) is 10.1. The van der Waals surface area contributed by atoms with Gasteiger partial charge in [0, 0.05) is 41.7 Å². The Morgan fingerprint density at radius 1 is 0.314 bits per heavy atom. The summed E-state index contributed by atoms with van der Waals surface area (Å²) in [5, 5.41) is 14.2. The molecule has 0 saturated carbocycles. The van der Waals surface area contributed by atoms with Crippen LogP contribution in [0.25, 0.3) is 119 Å². The van der Waals surface area contributed by atoms with Crippen molar-refractivity contribution < 1.29 is 8.83 Å². The van der Waals surface area contributed by atoms with Crippen molar-refractivity contribution in [3.05, 3.63) is 158 Å². The van der Waals surface area contributed by atoms with Gasteiger partial charge >= 0.3 is 0 Å². The predicted octanol–water partition coefficient (Wildman–Crippen LogP) is 14.6. The Kier molecular flexibility index (Phi) is 5.41. The third kappa shape index (κ3) is 3.71. The van der Waals surface area contributed by atoms with E-state index >= 15 is 0 Å². The highest BCUT2D eigenvalue weighted by atomic mass is 32.1. The average molecular weight is 667 g/mol. The van der Waals surface area contributed by atoms with E-state index in [0.717, 1.165) is 54.6 Å². The fraction of sp³-hybridized carbons (Fsp3) is 0. The second-order valence-electron chi connectivity index (χ2n) is 13.5. The van der Waals surface area contributed by atoms with Crippen LogP contribution in [0.4, 0.5) is 0 Å². The molecule has 0 aliphatic carbocycles. The van der Waals surface area contributed by atoms with E-state index in [1.807, 2.05) is 23.5 Å². The Balaban J connectivity index is 1.17. The monoisotopic (exact) mass is 666 g/mol. The summed E-state index contributed by atoms with van der Waals surface area (Å²) in [5.74, 6) is 0. The quantitative estimate of drug-likeness (QED) is 0.172. The smallest absolute Gasteiger partial charge is 0.147 e. The van der Waals surface area contributed by atoms with E-state index < -0.39 is 0 Å². The summed E-state index contributed by atoms with van der Waals surface area (Å²) in [6.07, 6.45) is 0. The molecule has 12 rings (SSSR count). The van der Waals surface area contributed by atoms with Crippen molar-refractivity contribution in [2.75, 3.05) is 0 Å². The number of furan rings is 2. The highest BCUT2D eigenvalue weighted by molar-refractivity contribution is 7.25. The fourth-order valence-electron chi connectivity index (χ4n) is 8.69. The molecular weight excluding hydrogens is 641 g/mol. The van der Waals surface area contributed by atoms with E-state index in [0.29, 0.717) is 0 Å². The van der Waals surface area contributed by atoms with E-state index in [9.17, 15) is 0 Å². The van der Waals surface area contributed by atoms with Crippen molar-refractivity contribution in [1.29, 1.82) is 0 Å². The number of thiophene rings is 1. The molecule has 0 saturated heterocycles. The van der Waals surface area contributed by atoms with Crippen molar-refractivity contribution in [1.82, 2.24) is 0 Å². The summed E-state index contributed by atoms with van der Waals surface area (Å²) >= 11 is 1.87. The molecular formula is C48H26O2S. The summed E-state index contributed by atoms with van der Waals surface area (Å²) in [4.78, 5) is 0. The van der Waals surface area contributed by atoms with Gasteiger partial charge in [0.25, 0.3) is 0 Å². The van der Waals surface area contributed by atoms with Crippen LogP contribution in [-0.2, 0) is 0 Å². The molecule has 236 valence electrons. The van der Waals surface area contributed by atoms with Crippen LogP contribution in [0.2, 0.25) is 0 Å². The van der Waals surface area contributed by atoms with Crippen LogP contribution in [-0.4, -0.2) is 0 Å². The zero-order valence-electron chi connectivity index (χ0n) is 27.2. The summed E-state index contributed by atoms with van der Waals surface area (Å²) in [6, 6.07) is 57.1. The van der Waals surface area contributed by atoms with E-state index in [1.54, 1.807) is 0 Å². The van der Waals surface area contributed by atoms with Crippen LogP contribution >= 0.6 is 11.3 Å². The molecule has 12 aromatic rings. The lowest BCUT2D eigenvalue weighted by Crippen LogP contribution is -1.90. The fourth-order valence-corrected chi connectivity index (χ4v) is 9.83. The molecule has 0 N–H and O–H groups in total. The van der Waals surface area contributed by atoms with Crippen LogP contribution in [0.5, 0.6) is 0 Å². The maximum atomic E-state index is 6.78. The number of hydrogen-bond acceptors (Lipinski definition) is 3. The lowest BCUT2D eigenvalue weighted by Gasteiger charge is -2.18. The molecule has 2 nitrogen and oxygen atoms in total. The van der Waals surface area contributed by atoms with Crippen molar-refractivity contribution in [2.45, 2.75) is 0 Å². The molecule has 0 atom stereocenters. The van der Waals surface area contributed by atoms with Gasteiger partial charge in [-0.2, -0.15) is 0 Å². The lowest BCUT2D eigenvalue weighted by atomic mass is 9.85. The van der Waals surface area contributed by atoms with Crippen LogP contribution < -0.4 is 0 Å². The van der Waals surface area contributed by atoms with Crippen molar-refractivity contribution >= 4 is 108 Å². The summed E-state index contributed by atoms with van der Waals surface area (Å²) < 4.78 is 15.9. The molecule has 51 heavy (non-hydrogen) atoms. The highest BCUT2D eigenvalue weighted by Crippen LogP contribution is 2.48. The number of benzene rings is 9. The Morgan fingerprint density at radius 3 is 1.55 bits per heavy atom. The third-order valence-corrected chi connectivity index (χ3v) is 12.0. The van der Waals surface area contributed by atoms with E-state index in [-0.39, 0.29) is 0 Å². The summed E-state index contributed by atoms with van der Waals surface area (Å²) in [5.41, 5.74) is 8.43.